The summed E-state index contributed by atoms with van der Waals surface area (Å²) < 4.78 is 6.00. The Kier molecular flexibility index (Phi) is 5.68. The molecule has 28 heavy (non-hydrogen) atoms. The van der Waals surface area contributed by atoms with E-state index in [-0.39, 0.29) is 17.6 Å². The number of aromatic nitrogens is 2. The number of anilines is 2. The molecule has 3 aromatic rings. The topological polar surface area (TPSA) is 107 Å². The molecule has 2 aromatic carbocycles. The van der Waals surface area contributed by atoms with Gasteiger partial charge in [-0.25, -0.2) is 4.98 Å². The van der Waals surface area contributed by atoms with Crippen LogP contribution in [-0.4, -0.2) is 21.7 Å². The number of benzene rings is 2. The maximum absolute atomic E-state index is 9.64. The monoisotopic (exact) mass is 378 g/mol. The van der Waals surface area contributed by atoms with Crippen molar-refractivity contribution in [2.75, 3.05) is 18.1 Å². The van der Waals surface area contributed by atoms with Crippen molar-refractivity contribution in [1.29, 1.82) is 0 Å². The van der Waals surface area contributed by atoms with Crippen molar-refractivity contribution < 1.29 is 9.84 Å². The van der Waals surface area contributed by atoms with Crippen LogP contribution < -0.4 is 16.2 Å². The minimum absolute atomic E-state index is 0.168. The Balaban J connectivity index is 2.12. The maximum Gasteiger partial charge on any atom is 0.221 e. The predicted molar refractivity (Wildman–Crippen MR) is 112 cm³/mol. The smallest absolute Gasteiger partial charge is 0.221 e. The lowest BCUT2D eigenvalue weighted by Gasteiger charge is -2.20. The molecule has 0 saturated heterocycles. The summed E-state index contributed by atoms with van der Waals surface area (Å²) in [6.07, 6.45) is 2.25. The second kappa shape index (κ2) is 8.17. The Bertz CT molecular complexity index is 969. The van der Waals surface area contributed by atoms with Gasteiger partial charge in [-0.05, 0) is 47.7 Å². The number of hydrogen-bond donors (Lipinski definition) is 3. The summed E-state index contributed by atoms with van der Waals surface area (Å²) in [5.74, 6) is 1.89. The van der Waals surface area contributed by atoms with Crippen LogP contribution in [0.3, 0.4) is 0 Å². The number of aromatic hydroxyl groups is 1. The fourth-order valence-corrected chi connectivity index (χ4v) is 3.25. The number of rotatable bonds is 6. The Morgan fingerprint density at radius 2 is 1.82 bits per heavy atom. The Morgan fingerprint density at radius 3 is 2.43 bits per heavy atom. The van der Waals surface area contributed by atoms with E-state index in [1.807, 2.05) is 25.1 Å². The number of nitrogens with two attached hydrogens (primary N) is 2. The predicted octanol–water partition coefficient (Wildman–Crippen LogP) is 4.13. The van der Waals surface area contributed by atoms with Crippen molar-refractivity contribution in [1.82, 2.24) is 9.97 Å². The molecular formula is C22H26N4O2. The van der Waals surface area contributed by atoms with Crippen LogP contribution in [0.5, 0.6) is 11.5 Å². The highest BCUT2D eigenvalue weighted by molar-refractivity contribution is 5.76. The van der Waals surface area contributed by atoms with Gasteiger partial charge < -0.3 is 21.3 Å². The van der Waals surface area contributed by atoms with Crippen LogP contribution in [0.4, 0.5) is 11.8 Å². The van der Waals surface area contributed by atoms with Crippen LogP contribution in [0.25, 0.3) is 11.1 Å². The molecule has 3 rings (SSSR count). The second-order valence-electron chi connectivity index (χ2n) is 7.01. The van der Waals surface area contributed by atoms with Gasteiger partial charge in [0, 0.05) is 23.7 Å². The molecule has 0 fully saturated rings. The van der Waals surface area contributed by atoms with E-state index in [9.17, 15) is 5.11 Å². The normalized spacial score (nSPS) is 11.0. The molecule has 0 bridgehead atoms. The van der Waals surface area contributed by atoms with Crippen LogP contribution in [-0.2, 0) is 6.42 Å². The zero-order chi connectivity index (χ0) is 20.3. The highest BCUT2D eigenvalue weighted by Gasteiger charge is 2.17. The lowest BCUT2D eigenvalue weighted by atomic mass is 9.88. The molecule has 0 aliphatic rings. The van der Waals surface area contributed by atoms with Gasteiger partial charge in [0.1, 0.15) is 17.3 Å². The van der Waals surface area contributed by atoms with E-state index >= 15 is 0 Å². The minimum atomic E-state index is 0.168. The number of ether oxygens (including phenoxy) is 1. The molecular weight excluding hydrogens is 352 g/mol. The van der Waals surface area contributed by atoms with Crippen molar-refractivity contribution >= 4 is 11.8 Å². The van der Waals surface area contributed by atoms with Gasteiger partial charge in [-0.2, -0.15) is 4.98 Å². The standard InChI is InChI=1S/C22H26N4O2/c1-4-28-19-11-14(9-16-12-25-22(24)26-21(16)23)10-18(13(2)3)20(19)15-5-7-17(27)8-6-15/h5-8,10-13,27H,4,9H2,1-3H3,(H4,23,24,25,26). The van der Waals surface area contributed by atoms with Crippen molar-refractivity contribution in [2.24, 2.45) is 0 Å². The maximum atomic E-state index is 9.64. The van der Waals surface area contributed by atoms with Crippen LogP contribution in [0.1, 0.15) is 43.4 Å². The highest BCUT2D eigenvalue weighted by atomic mass is 16.5. The summed E-state index contributed by atoms with van der Waals surface area (Å²) in [6.45, 7) is 6.83. The molecule has 0 saturated carbocycles. The number of phenols is 1. The Morgan fingerprint density at radius 1 is 1.11 bits per heavy atom. The first-order valence-electron chi connectivity index (χ1n) is 9.35. The van der Waals surface area contributed by atoms with Gasteiger partial charge in [-0.15, -0.1) is 0 Å². The average Bonchev–Trinajstić information content (AvgIpc) is 2.65. The zero-order valence-corrected chi connectivity index (χ0v) is 16.4. The molecule has 0 aliphatic carbocycles. The highest BCUT2D eigenvalue weighted by Crippen LogP contribution is 2.39. The van der Waals surface area contributed by atoms with Crippen LogP contribution in [0, 0.1) is 0 Å². The summed E-state index contributed by atoms with van der Waals surface area (Å²) in [5, 5.41) is 9.64. The molecule has 0 radical (unpaired) electrons. The molecule has 0 unspecified atom stereocenters. The van der Waals surface area contributed by atoms with Gasteiger partial charge in [0.15, 0.2) is 0 Å². The second-order valence-corrected chi connectivity index (χ2v) is 7.01. The van der Waals surface area contributed by atoms with Gasteiger partial charge in [0.25, 0.3) is 0 Å². The van der Waals surface area contributed by atoms with E-state index in [4.69, 9.17) is 16.2 Å². The van der Waals surface area contributed by atoms with Gasteiger partial charge >= 0.3 is 0 Å². The first kappa shape index (κ1) is 19.5. The molecule has 1 heterocycles. The lowest BCUT2D eigenvalue weighted by molar-refractivity contribution is 0.341. The fourth-order valence-electron chi connectivity index (χ4n) is 3.25. The van der Waals surface area contributed by atoms with Crippen LogP contribution >= 0.6 is 0 Å². The minimum Gasteiger partial charge on any atom is -0.508 e. The fraction of sp³-hybridized carbons (Fsp3) is 0.273. The third kappa shape index (κ3) is 4.17. The number of nitrogens with zero attached hydrogens (tertiary/aromatic N) is 2. The van der Waals surface area contributed by atoms with E-state index in [1.165, 1.54) is 5.56 Å². The molecule has 6 heteroatoms. The largest absolute Gasteiger partial charge is 0.508 e. The van der Waals surface area contributed by atoms with E-state index in [0.717, 1.165) is 28.0 Å². The van der Waals surface area contributed by atoms with Crippen LogP contribution in [0.2, 0.25) is 0 Å². The molecule has 0 aliphatic heterocycles. The molecule has 146 valence electrons. The first-order valence-corrected chi connectivity index (χ1v) is 9.35. The molecule has 0 atom stereocenters. The molecule has 0 spiro atoms. The van der Waals surface area contributed by atoms with E-state index in [0.29, 0.717) is 18.8 Å². The molecule has 6 nitrogen and oxygen atoms in total. The Hall–Kier alpha value is -3.28. The van der Waals surface area contributed by atoms with Gasteiger partial charge in [-0.1, -0.05) is 32.0 Å². The average molecular weight is 378 g/mol. The first-order chi connectivity index (χ1) is 13.4. The van der Waals surface area contributed by atoms with Crippen molar-refractivity contribution in [3.05, 3.63) is 59.3 Å². The molecule has 0 amide bonds. The quantitative estimate of drug-likeness (QED) is 0.595. The van der Waals surface area contributed by atoms with E-state index < -0.39 is 0 Å². The summed E-state index contributed by atoms with van der Waals surface area (Å²) in [5.41, 5.74) is 16.7. The van der Waals surface area contributed by atoms with Gasteiger partial charge in [-0.3, -0.25) is 0 Å². The summed E-state index contributed by atoms with van der Waals surface area (Å²) >= 11 is 0. The number of nitrogen functional groups attached to an aromatic ring is 2. The summed E-state index contributed by atoms with van der Waals surface area (Å²) in [4.78, 5) is 8.11. The third-order valence-electron chi connectivity index (χ3n) is 4.58. The number of hydrogen-bond acceptors (Lipinski definition) is 6. The lowest BCUT2D eigenvalue weighted by Crippen LogP contribution is -2.06. The Labute approximate surface area is 165 Å². The van der Waals surface area contributed by atoms with E-state index in [2.05, 4.69) is 29.9 Å². The number of phenolic OH excluding ortho intramolecular Hbond substituents is 1. The zero-order valence-electron chi connectivity index (χ0n) is 16.4. The van der Waals surface area contributed by atoms with Crippen LogP contribution in [0.15, 0.2) is 42.6 Å². The van der Waals surface area contributed by atoms with E-state index in [1.54, 1.807) is 18.3 Å². The van der Waals surface area contributed by atoms with Gasteiger partial charge in [0.2, 0.25) is 5.95 Å². The summed E-state index contributed by atoms with van der Waals surface area (Å²) in [7, 11) is 0. The molecule has 1 aromatic heterocycles. The third-order valence-corrected chi connectivity index (χ3v) is 4.58. The van der Waals surface area contributed by atoms with Crippen molar-refractivity contribution in [3.8, 4) is 22.6 Å². The SMILES string of the molecule is CCOc1cc(Cc2cnc(N)nc2N)cc(C(C)C)c1-c1ccc(O)cc1. The van der Waals surface area contributed by atoms with Crippen molar-refractivity contribution in [2.45, 2.75) is 33.1 Å². The summed E-state index contributed by atoms with van der Waals surface area (Å²) in [6, 6.07) is 11.4. The van der Waals surface area contributed by atoms with Crippen molar-refractivity contribution in [3.63, 3.8) is 0 Å². The molecule has 5 N–H and O–H groups in total. The van der Waals surface area contributed by atoms with Gasteiger partial charge in [0.05, 0.1) is 6.61 Å².